The highest BCUT2D eigenvalue weighted by Crippen LogP contribution is 2.45. The molecule has 0 aliphatic carbocycles. The summed E-state index contributed by atoms with van der Waals surface area (Å²) in [6.45, 7) is 2.29. The third-order valence-electron chi connectivity index (χ3n) is 7.88. The summed E-state index contributed by atoms with van der Waals surface area (Å²) in [5.41, 5.74) is 3.54. The Morgan fingerprint density at radius 3 is 2.21 bits per heavy atom. The van der Waals surface area contributed by atoms with Gasteiger partial charge in [-0.15, -0.1) is 0 Å². The molecular weight excluding hydrogens is 601 g/mol. The van der Waals surface area contributed by atoms with Gasteiger partial charge in [-0.05, 0) is 25.6 Å². The maximum Gasteiger partial charge on any atom is 0.472 e. The smallest absolute Gasteiger partial charge is 0.390 e. The highest BCUT2D eigenvalue weighted by atomic mass is 32.1. The van der Waals surface area contributed by atoms with Crippen LogP contribution in [0.4, 0.5) is 0 Å². The SMILES string of the molecule is CCCCCCCCCCCCCC[C@@H](O)[C@@H](O)[C@@H](N)COP(=O)(O)OC[C@H]1O[C@@H](n2ccc(=O)[nH]c2=S)C(C)(O)[C@H]1O. The molecule has 43 heavy (non-hydrogen) atoms. The van der Waals surface area contributed by atoms with Gasteiger partial charge in [-0.1, -0.05) is 84.0 Å². The number of phosphoric ester groups is 1. The quantitative estimate of drug-likeness (QED) is 0.0547. The van der Waals surface area contributed by atoms with Crippen LogP contribution in [0.15, 0.2) is 17.1 Å². The van der Waals surface area contributed by atoms with Gasteiger partial charge >= 0.3 is 7.82 Å². The van der Waals surface area contributed by atoms with Crippen LogP contribution >= 0.6 is 20.0 Å². The second-order valence-electron chi connectivity index (χ2n) is 11.7. The van der Waals surface area contributed by atoms with Gasteiger partial charge in [-0.2, -0.15) is 0 Å². The maximum atomic E-state index is 12.4. The van der Waals surface area contributed by atoms with Crippen LogP contribution < -0.4 is 11.3 Å². The van der Waals surface area contributed by atoms with Gasteiger partial charge in [0.1, 0.15) is 17.8 Å². The summed E-state index contributed by atoms with van der Waals surface area (Å²) in [5.74, 6) is 0. The van der Waals surface area contributed by atoms with Gasteiger partial charge in [-0.3, -0.25) is 23.4 Å². The topological polar surface area (TPSA) is 210 Å². The first-order valence-corrected chi connectivity index (χ1v) is 17.3. The van der Waals surface area contributed by atoms with E-state index in [2.05, 4.69) is 11.9 Å². The van der Waals surface area contributed by atoms with Crippen molar-refractivity contribution in [1.29, 1.82) is 0 Å². The first kappa shape index (κ1) is 38.2. The van der Waals surface area contributed by atoms with E-state index < -0.39 is 68.9 Å². The number of unbranched alkanes of at least 4 members (excludes halogenated alkanes) is 11. The number of nitrogens with two attached hydrogens (primary N) is 1. The number of aliphatic hydroxyl groups is 4. The van der Waals surface area contributed by atoms with Crippen molar-refractivity contribution >= 4 is 20.0 Å². The molecule has 0 radical (unpaired) electrons. The van der Waals surface area contributed by atoms with Crippen molar-refractivity contribution in [1.82, 2.24) is 9.55 Å². The predicted molar refractivity (Wildman–Crippen MR) is 164 cm³/mol. The fourth-order valence-corrected chi connectivity index (χ4v) is 6.15. The Balaban J connectivity index is 1.67. The number of aromatic nitrogens is 2. The van der Waals surface area contributed by atoms with Crippen molar-refractivity contribution in [3.63, 3.8) is 0 Å². The van der Waals surface area contributed by atoms with Crippen molar-refractivity contribution in [3.05, 3.63) is 27.4 Å². The lowest BCUT2D eigenvalue weighted by Crippen LogP contribution is -2.45. The molecule has 0 bridgehead atoms. The van der Waals surface area contributed by atoms with Crippen molar-refractivity contribution in [2.75, 3.05) is 13.2 Å². The lowest BCUT2D eigenvalue weighted by Gasteiger charge is -2.28. The number of aliphatic hydroxyl groups excluding tert-OH is 3. The zero-order chi connectivity index (χ0) is 32.0. The molecule has 1 aromatic heterocycles. The molecule has 1 aliphatic rings. The summed E-state index contributed by atoms with van der Waals surface area (Å²) in [6.07, 6.45) is 9.28. The van der Waals surface area contributed by atoms with E-state index in [4.69, 9.17) is 31.7 Å². The highest BCUT2D eigenvalue weighted by molar-refractivity contribution is 7.71. The van der Waals surface area contributed by atoms with Crippen molar-refractivity contribution in [3.8, 4) is 0 Å². The minimum atomic E-state index is -4.71. The van der Waals surface area contributed by atoms with E-state index in [1.807, 2.05) is 0 Å². The molecule has 2 unspecified atom stereocenters. The number of hydrogen-bond donors (Lipinski definition) is 7. The maximum absolute atomic E-state index is 12.4. The summed E-state index contributed by atoms with van der Waals surface area (Å²) >= 11 is 5.09. The summed E-state index contributed by atoms with van der Waals surface area (Å²) in [6, 6.07) is 0.00563. The Labute approximate surface area is 259 Å². The van der Waals surface area contributed by atoms with Gasteiger partial charge in [0, 0.05) is 12.3 Å². The van der Waals surface area contributed by atoms with Crippen molar-refractivity contribution in [2.45, 2.75) is 140 Å². The second kappa shape index (κ2) is 18.8. The molecule has 0 aromatic carbocycles. The van der Waals surface area contributed by atoms with Crippen LogP contribution in [-0.4, -0.2) is 84.1 Å². The van der Waals surface area contributed by atoms with Crippen LogP contribution in [0.5, 0.6) is 0 Å². The molecule has 2 heterocycles. The molecule has 15 heteroatoms. The molecule has 0 saturated carbocycles. The zero-order valence-electron chi connectivity index (χ0n) is 25.4. The number of aromatic amines is 1. The van der Waals surface area contributed by atoms with Gasteiger partial charge in [0.05, 0.1) is 31.5 Å². The van der Waals surface area contributed by atoms with Crippen LogP contribution in [0.25, 0.3) is 0 Å². The highest BCUT2D eigenvalue weighted by Gasteiger charge is 2.53. The number of ether oxygens (including phenoxy) is 1. The van der Waals surface area contributed by atoms with Crippen LogP contribution in [0.3, 0.4) is 0 Å². The van der Waals surface area contributed by atoms with Crippen molar-refractivity contribution in [2.24, 2.45) is 5.73 Å². The average molecular weight is 654 g/mol. The van der Waals surface area contributed by atoms with Gasteiger partial charge < -0.3 is 35.8 Å². The Morgan fingerprint density at radius 1 is 1.09 bits per heavy atom. The van der Waals surface area contributed by atoms with Crippen LogP contribution in [-0.2, 0) is 18.3 Å². The summed E-state index contributed by atoms with van der Waals surface area (Å²) in [4.78, 5) is 23.9. The van der Waals surface area contributed by atoms with Crippen LogP contribution in [0, 0.1) is 4.77 Å². The van der Waals surface area contributed by atoms with Crippen LogP contribution in [0.2, 0.25) is 0 Å². The molecular formula is C28H52N3O10PS. The lowest BCUT2D eigenvalue weighted by atomic mass is 9.96. The number of nitrogens with zero attached hydrogens (tertiary/aromatic N) is 1. The normalized spacial score (nSPS) is 25.8. The minimum absolute atomic E-state index is 0.0590. The molecule has 1 aliphatic heterocycles. The van der Waals surface area contributed by atoms with E-state index in [1.54, 1.807) is 0 Å². The third-order valence-corrected chi connectivity index (χ3v) is 9.14. The Morgan fingerprint density at radius 2 is 1.65 bits per heavy atom. The first-order chi connectivity index (χ1) is 20.3. The average Bonchev–Trinajstić information content (AvgIpc) is 3.18. The Hall–Kier alpha value is -1.03. The Bertz CT molecular complexity index is 1100. The molecule has 8 N–H and O–H groups in total. The van der Waals surface area contributed by atoms with Crippen molar-refractivity contribution < 1.29 is 43.7 Å². The van der Waals surface area contributed by atoms with E-state index in [1.165, 1.54) is 69.1 Å². The fraction of sp³-hybridized carbons (Fsp3) is 0.857. The number of H-pyrrole nitrogens is 1. The molecule has 2 rings (SSSR count). The monoisotopic (exact) mass is 653 g/mol. The summed E-state index contributed by atoms with van der Waals surface area (Å²) < 4.78 is 29.1. The number of hydrogen-bond acceptors (Lipinski definition) is 11. The number of phosphoric acid groups is 1. The minimum Gasteiger partial charge on any atom is -0.390 e. The lowest BCUT2D eigenvalue weighted by molar-refractivity contribution is -0.0979. The summed E-state index contributed by atoms with van der Waals surface area (Å²) in [7, 11) is -4.71. The largest absolute Gasteiger partial charge is 0.472 e. The molecule has 8 atom stereocenters. The van der Waals surface area contributed by atoms with E-state index in [-0.39, 0.29) is 4.77 Å². The fourth-order valence-electron chi connectivity index (χ4n) is 5.12. The molecule has 0 spiro atoms. The molecule has 13 nitrogen and oxygen atoms in total. The number of rotatable bonds is 22. The standard InChI is InChI=1S/C28H52N3O10PS/c1-3-4-5-6-7-8-9-10-11-12-13-14-15-21(32)24(34)20(29)18-39-42(37,38)40-19-22-25(35)28(2,36)26(41-22)31-17-16-23(33)30-27(31)43/h16-17,20-22,24-26,32,34-36H,3-15,18-19,29H2,1-2H3,(H,37,38)(H,30,33,43)/t20-,21+,22+,24-,25-,26+,28?/m0/s1. The zero-order valence-corrected chi connectivity index (χ0v) is 27.1. The van der Waals surface area contributed by atoms with Gasteiger partial charge in [0.25, 0.3) is 5.56 Å². The van der Waals surface area contributed by atoms with Gasteiger partial charge in [0.15, 0.2) is 11.0 Å². The molecule has 1 saturated heterocycles. The van der Waals surface area contributed by atoms with Gasteiger partial charge in [0.2, 0.25) is 0 Å². The predicted octanol–water partition coefficient (Wildman–Crippen LogP) is 3.19. The van der Waals surface area contributed by atoms with E-state index in [0.29, 0.717) is 6.42 Å². The molecule has 250 valence electrons. The van der Waals surface area contributed by atoms with E-state index >= 15 is 0 Å². The van der Waals surface area contributed by atoms with Gasteiger partial charge in [-0.25, -0.2) is 4.57 Å². The third kappa shape index (κ3) is 12.7. The Kier molecular flexibility index (Phi) is 16.7. The molecule has 1 fully saturated rings. The second-order valence-corrected chi connectivity index (χ2v) is 13.5. The summed E-state index contributed by atoms with van der Waals surface area (Å²) in [5, 5.41) is 42.0. The number of nitrogens with one attached hydrogen (secondary N) is 1. The molecule has 0 amide bonds. The molecule has 1 aromatic rings. The van der Waals surface area contributed by atoms with Crippen LogP contribution in [0.1, 0.15) is 104 Å². The van der Waals surface area contributed by atoms with E-state index in [0.717, 1.165) is 31.7 Å². The van der Waals surface area contributed by atoms with E-state index in [9.17, 15) is 34.7 Å². The first-order valence-electron chi connectivity index (χ1n) is 15.4.